The lowest BCUT2D eigenvalue weighted by atomic mass is 10.1. The van der Waals surface area contributed by atoms with E-state index in [0.29, 0.717) is 5.02 Å². The summed E-state index contributed by atoms with van der Waals surface area (Å²) in [4.78, 5) is 5.60. The van der Waals surface area contributed by atoms with Gasteiger partial charge in [-0.15, -0.1) is 11.3 Å². The lowest BCUT2D eigenvalue weighted by Gasteiger charge is -2.16. The summed E-state index contributed by atoms with van der Waals surface area (Å²) in [5.74, 6) is 0. The third-order valence-corrected chi connectivity index (χ3v) is 3.55. The Morgan fingerprint density at radius 3 is 2.94 bits per heavy atom. The molecule has 84 valence electrons. The van der Waals surface area contributed by atoms with Crippen LogP contribution in [0, 0.1) is 0 Å². The number of rotatable bonds is 4. The molecule has 0 saturated heterocycles. The summed E-state index contributed by atoms with van der Waals surface area (Å²) >= 11 is 7.89. The Bertz CT molecular complexity index is 442. The Kier molecular flexibility index (Phi) is 3.93. The second-order valence-corrected chi connectivity index (χ2v) is 4.76. The van der Waals surface area contributed by atoms with Crippen molar-refractivity contribution in [2.45, 2.75) is 13.0 Å². The summed E-state index contributed by atoms with van der Waals surface area (Å²) in [6.07, 6.45) is 1.78. The fourth-order valence-electron chi connectivity index (χ4n) is 1.60. The minimum Gasteiger partial charge on any atom is -0.305 e. The highest BCUT2D eigenvalue weighted by Gasteiger charge is 2.17. The maximum absolute atomic E-state index is 6.17. The second kappa shape index (κ2) is 5.43. The number of halogens is 1. The van der Waals surface area contributed by atoms with Gasteiger partial charge < -0.3 is 5.32 Å². The van der Waals surface area contributed by atoms with Crippen LogP contribution in [0.4, 0.5) is 0 Å². The van der Waals surface area contributed by atoms with Crippen molar-refractivity contribution in [1.29, 1.82) is 0 Å². The van der Waals surface area contributed by atoms with E-state index >= 15 is 0 Å². The Morgan fingerprint density at radius 2 is 2.31 bits per heavy atom. The van der Waals surface area contributed by atoms with E-state index in [9.17, 15) is 0 Å². The minimum absolute atomic E-state index is 0.0960. The predicted molar refractivity (Wildman–Crippen MR) is 69.1 cm³/mol. The van der Waals surface area contributed by atoms with Crippen LogP contribution in [0.25, 0.3) is 0 Å². The zero-order chi connectivity index (χ0) is 11.4. The molecule has 0 radical (unpaired) electrons. The normalized spacial score (nSPS) is 12.6. The summed E-state index contributed by atoms with van der Waals surface area (Å²) in [6.45, 7) is 2.97. The predicted octanol–water partition coefficient (Wildman–Crippen LogP) is 3.50. The first-order valence-electron chi connectivity index (χ1n) is 5.20. The van der Waals surface area contributed by atoms with Gasteiger partial charge in [0.25, 0.3) is 0 Å². The summed E-state index contributed by atoms with van der Waals surface area (Å²) < 4.78 is 0. The van der Waals surface area contributed by atoms with Crippen LogP contribution in [-0.2, 0) is 0 Å². The van der Waals surface area contributed by atoms with Gasteiger partial charge >= 0.3 is 0 Å². The van der Waals surface area contributed by atoms with Gasteiger partial charge in [-0.1, -0.05) is 24.6 Å². The van der Waals surface area contributed by atoms with Crippen LogP contribution in [0.3, 0.4) is 0 Å². The number of pyridine rings is 1. The molecule has 4 heteroatoms. The van der Waals surface area contributed by atoms with Crippen LogP contribution in [0.5, 0.6) is 0 Å². The number of aromatic nitrogens is 1. The zero-order valence-electron chi connectivity index (χ0n) is 8.98. The van der Waals surface area contributed by atoms with Gasteiger partial charge in [0.2, 0.25) is 0 Å². The number of nitrogens with one attached hydrogen (secondary N) is 1. The van der Waals surface area contributed by atoms with Gasteiger partial charge in [-0.2, -0.15) is 0 Å². The summed E-state index contributed by atoms with van der Waals surface area (Å²) in [5.41, 5.74) is 0.897. The lowest BCUT2D eigenvalue weighted by molar-refractivity contribution is 0.624. The van der Waals surface area contributed by atoms with Crippen LogP contribution >= 0.6 is 22.9 Å². The van der Waals surface area contributed by atoms with E-state index in [1.54, 1.807) is 17.5 Å². The molecule has 0 saturated carbocycles. The molecule has 1 unspecified atom stereocenters. The molecule has 2 nitrogen and oxygen atoms in total. The van der Waals surface area contributed by atoms with Gasteiger partial charge in [-0.25, -0.2) is 0 Å². The molecule has 0 aliphatic rings. The topological polar surface area (TPSA) is 24.9 Å². The van der Waals surface area contributed by atoms with Crippen LogP contribution < -0.4 is 5.32 Å². The van der Waals surface area contributed by atoms with E-state index < -0.39 is 0 Å². The van der Waals surface area contributed by atoms with Gasteiger partial charge in [0.05, 0.1) is 16.8 Å². The molecule has 1 atom stereocenters. The molecule has 2 aromatic rings. The molecule has 2 rings (SSSR count). The van der Waals surface area contributed by atoms with Crippen LogP contribution in [0.15, 0.2) is 35.8 Å². The average Bonchev–Trinajstić information content (AvgIpc) is 2.80. The molecule has 16 heavy (non-hydrogen) atoms. The third kappa shape index (κ3) is 2.43. The fourth-order valence-corrected chi connectivity index (χ4v) is 2.64. The minimum atomic E-state index is 0.0960. The Hall–Kier alpha value is -0.900. The van der Waals surface area contributed by atoms with Gasteiger partial charge in [-0.05, 0) is 30.1 Å². The number of hydrogen-bond donors (Lipinski definition) is 1. The van der Waals surface area contributed by atoms with Crippen molar-refractivity contribution in [3.63, 3.8) is 0 Å². The SMILES string of the molecule is CCNC(c1cccs1)c1ncccc1Cl. The first kappa shape index (κ1) is 11.6. The monoisotopic (exact) mass is 252 g/mol. The van der Waals surface area contributed by atoms with E-state index in [0.717, 1.165) is 12.2 Å². The Balaban J connectivity index is 2.37. The van der Waals surface area contributed by atoms with Crippen LogP contribution in [0.1, 0.15) is 23.5 Å². The largest absolute Gasteiger partial charge is 0.305 e. The quantitative estimate of drug-likeness (QED) is 0.901. The highest BCUT2D eigenvalue weighted by molar-refractivity contribution is 7.10. The molecule has 0 bridgehead atoms. The zero-order valence-corrected chi connectivity index (χ0v) is 10.6. The molecule has 0 aliphatic heterocycles. The fraction of sp³-hybridized carbons (Fsp3) is 0.250. The maximum Gasteiger partial charge on any atom is 0.0860 e. The highest BCUT2D eigenvalue weighted by atomic mass is 35.5. The summed E-state index contributed by atoms with van der Waals surface area (Å²) in [7, 11) is 0. The number of hydrogen-bond acceptors (Lipinski definition) is 3. The first-order valence-corrected chi connectivity index (χ1v) is 6.46. The molecule has 0 aliphatic carbocycles. The van der Waals surface area contributed by atoms with E-state index in [1.165, 1.54) is 4.88 Å². The van der Waals surface area contributed by atoms with Gasteiger partial charge in [0.1, 0.15) is 0 Å². The van der Waals surface area contributed by atoms with Crippen molar-refractivity contribution in [2.75, 3.05) is 6.54 Å². The summed E-state index contributed by atoms with van der Waals surface area (Å²) in [5, 5.41) is 6.18. The van der Waals surface area contributed by atoms with Crippen molar-refractivity contribution < 1.29 is 0 Å². The molecule has 2 heterocycles. The first-order chi connectivity index (χ1) is 7.83. The van der Waals surface area contributed by atoms with Crippen LogP contribution in [0.2, 0.25) is 5.02 Å². The molecular formula is C12H13ClN2S. The van der Waals surface area contributed by atoms with Gasteiger partial charge in [-0.3, -0.25) is 4.98 Å². The van der Waals surface area contributed by atoms with E-state index in [2.05, 4.69) is 28.7 Å². The van der Waals surface area contributed by atoms with E-state index in [1.807, 2.05) is 18.2 Å². The van der Waals surface area contributed by atoms with Crippen molar-refractivity contribution in [3.05, 3.63) is 51.4 Å². The average molecular weight is 253 g/mol. The highest BCUT2D eigenvalue weighted by Crippen LogP contribution is 2.28. The van der Waals surface area contributed by atoms with Crippen LogP contribution in [-0.4, -0.2) is 11.5 Å². The molecule has 0 aromatic carbocycles. The second-order valence-electron chi connectivity index (χ2n) is 3.38. The number of thiophene rings is 1. The standard InChI is InChI=1S/C12H13ClN2S/c1-2-14-12(10-6-4-8-16-10)11-9(13)5-3-7-15-11/h3-8,12,14H,2H2,1H3. The lowest BCUT2D eigenvalue weighted by Crippen LogP contribution is -2.22. The van der Waals surface area contributed by atoms with E-state index in [-0.39, 0.29) is 6.04 Å². The summed E-state index contributed by atoms with van der Waals surface area (Å²) in [6, 6.07) is 7.97. The molecule has 0 fully saturated rings. The number of nitrogens with zero attached hydrogens (tertiary/aromatic N) is 1. The van der Waals surface area contributed by atoms with Gasteiger partial charge in [0.15, 0.2) is 0 Å². The molecule has 1 N–H and O–H groups in total. The van der Waals surface area contributed by atoms with Crippen molar-refractivity contribution in [3.8, 4) is 0 Å². The van der Waals surface area contributed by atoms with Gasteiger partial charge in [0, 0.05) is 11.1 Å². The molecule has 0 amide bonds. The maximum atomic E-state index is 6.17. The van der Waals surface area contributed by atoms with Crippen molar-refractivity contribution in [2.24, 2.45) is 0 Å². The van der Waals surface area contributed by atoms with E-state index in [4.69, 9.17) is 11.6 Å². The molecular weight excluding hydrogens is 240 g/mol. The Labute approximate surface area is 104 Å². The Morgan fingerprint density at radius 1 is 1.44 bits per heavy atom. The smallest absolute Gasteiger partial charge is 0.0860 e. The molecule has 2 aromatic heterocycles. The molecule has 0 spiro atoms. The third-order valence-electron chi connectivity index (χ3n) is 2.30. The van der Waals surface area contributed by atoms with Crippen molar-refractivity contribution in [1.82, 2.24) is 10.3 Å². The van der Waals surface area contributed by atoms with Crippen molar-refractivity contribution >= 4 is 22.9 Å².